The summed E-state index contributed by atoms with van der Waals surface area (Å²) in [4.78, 5) is 0. The van der Waals surface area contributed by atoms with Gasteiger partial charge in [-0.15, -0.1) is 31.9 Å². The zero-order valence-corrected chi connectivity index (χ0v) is 10.9. The Morgan fingerprint density at radius 1 is 1.36 bits per heavy atom. The Bertz CT molecular complexity index is 105. The van der Waals surface area contributed by atoms with Gasteiger partial charge in [-0.05, 0) is 0 Å². The van der Waals surface area contributed by atoms with E-state index in [-0.39, 0.29) is 0 Å². The summed E-state index contributed by atoms with van der Waals surface area (Å²) < 4.78 is 1.31. The van der Waals surface area contributed by atoms with Gasteiger partial charge in [0.2, 0.25) is 15.2 Å². The molecule has 0 heterocycles. The van der Waals surface area contributed by atoms with Crippen LogP contribution in [0.5, 0.6) is 0 Å². The second-order valence-electron chi connectivity index (χ2n) is 2.54. The first-order valence-corrected chi connectivity index (χ1v) is 6.44. The average Bonchev–Trinajstić information content (AvgIpc) is 1.88. The van der Waals surface area contributed by atoms with Gasteiger partial charge in [-0.25, -0.2) is 0 Å². The maximum atomic E-state index is 3.62. The van der Waals surface area contributed by atoms with Crippen LogP contribution < -0.4 is 0 Å². The standard InChI is InChI=1S/3C3H5.2Al.2H/c3*1-3-2;;;;/h1H2,2H3;2*3H,1-2H2;;;;. The van der Waals surface area contributed by atoms with E-state index in [4.69, 9.17) is 0 Å². The van der Waals surface area contributed by atoms with E-state index in [1.54, 1.807) is 0 Å². The van der Waals surface area contributed by atoms with Gasteiger partial charge in [-0.2, -0.15) is 4.44 Å². The molecular formula is C9H17Al2. The normalized spacial score (nSPS) is 7.00. The van der Waals surface area contributed by atoms with Crippen molar-refractivity contribution in [1.29, 1.82) is 0 Å². The minimum Gasteiger partial charge on any atom is -0.150 e. The molecule has 0 aliphatic carbocycles. The Balaban J connectivity index is 0. The first kappa shape index (κ1) is 13.8. The molecule has 0 aromatic carbocycles. The van der Waals surface area contributed by atoms with Crippen molar-refractivity contribution >= 4 is 31.5 Å². The molecule has 0 aliphatic rings. The van der Waals surface area contributed by atoms with Crippen molar-refractivity contribution in [2.24, 2.45) is 0 Å². The molecule has 0 saturated heterocycles. The summed E-state index contributed by atoms with van der Waals surface area (Å²) >= 11 is 1.74. The summed E-state index contributed by atoms with van der Waals surface area (Å²) in [5.74, 6) is 0. The molecule has 0 bridgehead atoms. The predicted octanol–water partition coefficient (Wildman–Crippen LogP) is 2.05. The van der Waals surface area contributed by atoms with Crippen molar-refractivity contribution in [3.8, 4) is 0 Å². The Labute approximate surface area is 85.2 Å². The number of allylic oxidation sites excluding steroid dienone is 3. The lowest BCUT2D eigenvalue weighted by Crippen LogP contribution is -1.79. The molecule has 1 radical (unpaired) electrons. The molecule has 0 fully saturated rings. The molecule has 0 N–H and O–H groups in total. The van der Waals surface area contributed by atoms with Crippen LogP contribution in [0.25, 0.3) is 0 Å². The second kappa shape index (κ2) is 12.9. The highest BCUT2D eigenvalue weighted by Crippen LogP contribution is 1.84. The third-order valence-corrected chi connectivity index (χ3v) is 2.00. The van der Waals surface area contributed by atoms with Gasteiger partial charge in [0, 0.05) is 0 Å². The molecule has 11 heavy (non-hydrogen) atoms. The molecule has 2 heteroatoms. The molecule has 0 rings (SSSR count). The van der Waals surface area contributed by atoms with E-state index in [9.17, 15) is 0 Å². The molecule has 0 aliphatic heterocycles. The minimum atomic E-state index is 0.586. The van der Waals surface area contributed by atoms with Crippen LogP contribution >= 0.6 is 0 Å². The average molecular weight is 179 g/mol. The maximum absolute atomic E-state index is 3.62. The van der Waals surface area contributed by atoms with Crippen molar-refractivity contribution in [3.63, 3.8) is 0 Å². The first-order valence-electron chi connectivity index (χ1n) is 3.80. The lowest BCUT2D eigenvalue weighted by molar-refractivity contribution is 1.60. The first-order chi connectivity index (χ1) is 5.15. The zero-order valence-electron chi connectivity index (χ0n) is 7.77. The molecule has 0 aromatic rings. The van der Waals surface area contributed by atoms with E-state index in [0.717, 1.165) is 16.3 Å². The van der Waals surface area contributed by atoms with Crippen LogP contribution in [-0.2, 0) is 0 Å². The summed E-state index contributed by atoms with van der Waals surface area (Å²) in [5.41, 5.74) is 0. The molecule has 0 aromatic heterocycles. The molecule has 0 unspecified atom stereocenters. The van der Waals surface area contributed by atoms with E-state index in [0.29, 0.717) is 15.2 Å². The van der Waals surface area contributed by atoms with Gasteiger partial charge in [-0.3, -0.25) is 0 Å². The Hall–Kier alpha value is 0.285. The topological polar surface area (TPSA) is 0 Å². The molecular weight excluding hydrogens is 162 g/mol. The van der Waals surface area contributed by atoms with Crippen molar-refractivity contribution in [1.82, 2.24) is 0 Å². The number of hydrogen-bond donors (Lipinski definition) is 0. The highest BCUT2D eigenvalue weighted by atomic mass is 27.1. The van der Waals surface area contributed by atoms with Crippen LogP contribution in [0, 0.1) is 0 Å². The van der Waals surface area contributed by atoms with Crippen molar-refractivity contribution in [2.75, 3.05) is 0 Å². The predicted molar refractivity (Wildman–Crippen MR) is 59.1 cm³/mol. The summed E-state index contributed by atoms with van der Waals surface area (Å²) in [7, 11) is 0. The van der Waals surface area contributed by atoms with E-state index < -0.39 is 0 Å². The smallest absolute Gasteiger partial charge is 0.150 e. The summed E-state index contributed by atoms with van der Waals surface area (Å²) in [5, 5.41) is 2.40. The van der Waals surface area contributed by atoms with Crippen molar-refractivity contribution in [3.05, 3.63) is 36.3 Å². The third kappa shape index (κ3) is 38.4. The van der Waals surface area contributed by atoms with Gasteiger partial charge in [0.15, 0.2) is 0 Å². The van der Waals surface area contributed by atoms with Crippen molar-refractivity contribution in [2.45, 2.75) is 17.5 Å². The maximum Gasteiger partial charge on any atom is 0.250 e. The molecule has 0 spiro atoms. The van der Waals surface area contributed by atoms with Crippen LogP contribution in [0.2, 0.25) is 10.6 Å². The lowest BCUT2D eigenvalue weighted by atomic mass is 10.7. The SMILES string of the molecule is C=C[CH2][Al][CH2]C=C.C=[C](C)[AlH2]. The fraction of sp³-hybridized carbons (Fsp3) is 0.333. The molecule has 0 saturated carbocycles. The largest absolute Gasteiger partial charge is 0.250 e. The summed E-state index contributed by atoms with van der Waals surface area (Å²) in [6.07, 6.45) is 3.94. The fourth-order valence-corrected chi connectivity index (χ4v) is 0.996. The summed E-state index contributed by atoms with van der Waals surface area (Å²) in [6, 6.07) is 0. The van der Waals surface area contributed by atoms with Gasteiger partial charge in [0.1, 0.15) is 0 Å². The van der Waals surface area contributed by atoms with Crippen molar-refractivity contribution < 1.29 is 0 Å². The van der Waals surface area contributed by atoms with Gasteiger partial charge in [-0.1, -0.05) is 17.5 Å². The van der Waals surface area contributed by atoms with E-state index in [2.05, 4.69) is 19.7 Å². The van der Waals surface area contributed by atoms with E-state index in [1.807, 2.05) is 19.1 Å². The van der Waals surface area contributed by atoms with Crippen LogP contribution in [0.15, 0.2) is 36.3 Å². The van der Waals surface area contributed by atoms with Crippen LogP contribution in [-0.4, -0.2) is 31.5 Å². The highest BCUT2D eigenvalue weighted by molar-refractivity contribution is 6.36. The lowest BCUT2D eigenvalue weighted by Gasteiger charge is -1.80. The van der Waals surface area contributed by atoms with E-state index in [1.165, 1.54) is 15.0 Å². The van der Waals surface area contributed by atoms with Gasteiger partial charge < -0.3 is 0 Å². The van der Waals surface area contributed by atoms with E-state index >= 15 is 0 Å². The van der Waals surface area contributed by atoms with Crippen LogP contribution in [0.3, 0.4) is 0 Å². The third-order valence-electron chi connectivity index (χ3n) is 0.667. The van der Waals surface area contributed by atoms with Gasteiger partial charge in [0.25, 0.3) is 16.3 Å². The number of hydrogen-bond acceptors (Lipinski definition) is 0. The van der Waals surface area contributed by atoms with Crippen LogP contribution in [0.1, 0.15) is 6.92 Å². The Kier molecular flexibility index (Phi) is 16.3. The highest BCUT2D eigenvalue weighted by Gasteiger charge is 1.79. The zero-order chi connectivity index (χ0) is 9.11. The Morgan fingerprint density at radius 3 is 1.82 bits per heavy atom. The monoisotopic (exact) mass is 179 g/mol. The van der Waals surface area contributed by atoms with Gasteiger partial charge >= 0.3 is 0 Å². The molecule has 59 valence electrons. The second-order valence-corrected chi connectivity index (χ2v) is 5.77. The minimum absolute atomic E-state index is 0.586. The quantitative estimate of drug-likeness (QED) is 0.352. The van der Waals surface area contributed by atoms with Crippen LogP contribution in [0.4, 0.5) is 0 Å². The molecule has 0 atom stereocenters. The summed E-state index contributed by atoms with van der Waals surface area (Å²) in [6.45, 7) is 12.9. The fourth-order valence-electron chi connectivity index (χ4n) is 0.332. The molecule has 0 amide bonds. The number of rotatable bonds is 4. The van der Waals surface area contributed by atoms with Gasteiger partial charge in [0.05, 0.1) is 0 Å². The molecule has 0 nitrogen and oxygen atoms in total. The Morgan fingerprint density at radius 2 is 1.64 bits per heavy atom.